The Morgan fingerprint density at radius 1 is 0.286 bits per heavy atom. The number of carbonyl (C=O) groups excluding carboxylic acids is 4. The highest BCUT2D eigenvalue weighted by molar-refractivity contribution is 7.47. The maximum absolute atomic E-state index is 13.1. The molecule has 0 saturated heterocycles. The second-order valence-electron chi connectivity index (χ2n) is 27.4. The molecule has 0 rings (SSSR count). The number of phosphoric ester groups is 2. The van der Waals surface area contributed by atoms with Gasteiger partial charge in [0.25, 0.3) is 0 Å². The molecule has 0 amide bonds. The molecular weight excluding hydrogens is 1280 g/mol. The van der Waals surface area contributed by atoms with Crippen LogP contribution in [-0.2, 0) is 65.4 Å². The maximum Gasteiger partial charge on any atom is 0.472 e. The lowest BCUT2D eigenvalue weighted by molar-refractivity contribution is -0.161. The van der Waals surface area contributed by atoms with Crippen LogP contribution in [-0.4, -0.2) is 96.7 Å². The standard InChI is InChI=1S/C79H148O17P2/c1-5-9-13-17-21-25-29-33-36-40-43-47-51-55-59-63-76(81)89-69-74(95-78(83)65-61-57-53-49-45-39-32-28-24-20-16-12-8-4)71-93-97(85,86)91-67-73(80)68-92-98(87,88)94-72-75(96-79(84)66-62-58-54-50-46-42-38-35-31-27-23-19-15-11-7-3)70-90-77(82)64-60-56-52-48-44-41-37-34-30-26-22-18-14-10-6-2/h22,26,33-34,36-37,73-75,80H,5-21,23-25,27-32,35,38-72H2,1-4H3,(H,85,86)(H,87,88)/b26-22-,36-33-,37-34-/t73-,74-,75-/m1/s1. The highest BCUT2D eigenvalue weighted by Gasteiger charge is 2.30. The van der Waals surface area contributed by atoms with Crippen molar-refractivity contribution in [2.75, 3.05) is 39.6 Å². The van der Waals surface area contributed by atoms with E-state index in [9.17, 15) is 43.2 Å². The first-order chi connectivity index (χ1) is 47.7. The number of phosphoric acid groups is 2. The van der Waals surface area contributed by atoms with Crippen molar-refractivity contribution in [2.45, 2.75) is 406 Å². The van der Waals surface area contributed by atoms with Gasteiger partial charge in [-0.3, -0.25) is 37.3 Å². The van der Waals surface area contributed by atoms with Crippen LogP contribution in [0.5, 0.6) is 0 Å². The third kappa shape index (κ3) is 71.7. The van der Waals surface area contributed by atoms with Gasteiger partial charge in [0.1, 0.15) is 19.3 Å². The van der Waals surface area contributed by atoms with Gasteiger partial charge in [0, 0.05) is 25.7 Å². The summed E-state index contributed by atoms with van der Waals surface area (Å²) in [5, 5.41) is 10.6. The summed E-state index contributed by atoms with van der Waals surface area (Å²) in [5.74, 6) is -2.15. The molecule has 0 heterocycles. The molecule has 0 spiro atoms. The zero-order valence-electron chi connectivity index (χ0n) is 63.0. The van der Waals surface area contributed by atoms with E-state index in [4.69, 9.17) is 37.0 Å². The summed E-state index contributed by atoms with van der Waals surface area (Å²) in [6.45, 7) is 4.92. The molecule has 17 nitrogen and oxygen atoms in total. The van der Waals surface area contributed by atoms with Gasteiger partial charge in [-0.15, -0.1) is 0 Å². The molecule has 3 N–H and O–H groups in total. The number of hydrogen-bond acceptors (Lipinski definition) is 15. The maximum atomic E-state index is 13.1. The number of rotatable bonds is 77. The van der Waals surface area contributed by atoms with E-state index < -0.39 is 97.5 Å². The molecule has 98 heavy (non-hydrogen) atoms. The van der Waals surface area contributed by atoms with Crippen LogP contribution >= 0.6 is 15.6 Å². The van der Waals surface area contributed by atoms with E-state index >= 15 is 0 Å². The van der Waals surface area contributed by atoms with E-state index in [0.29, 0.717) is 25.7 Å². The van der Waals surface area contributed by atoms with Gasteiger partial charge in [0.05, 0.1) is 26.4 Å². The van der Waals surface area contributed by atoms with Crippen LogP contribution in [0.2, 0.25) is 0 Å². The average molecular weight is 1430 g/mol. The van der Waals surface area contributed by atoms with Gasteiger partial charge in [0.2, 0.25) is 0 Å². The van der Waals surface area contributed by atoms with Gasteiger partial charge >= 0.3 is 39.5 Å². The van der Waals surface area contributed by atoms with Crippen LogP contribution in [0, 0.1) is 0 Å². The summed E-state index contributed by atoms with van der Waals surface area (Å²) < 4.78 is 68.6. The SMILES string of the molecule is CCCCC/C=C\C/C=C\CCCCCCCC(=O)OC[C@H](COP(=O)(O)OC[C@H](O)COP(=O)(O)OC[C@@H](COC(=O)CCCCCCC/C=C\CCCCCCCC)OC(=O)CCCCCCCCCCCCCCC)OC(=O)CCCCCCCCCCCCCCCCC. The number of carbonyl (C=O) groups is 4. The number of unbranched alkanes of at least 4 members (excludes halogenated alkanes) is 45. The lowest BCUT2D eigenvalue weighted by atomic mass is 10.0. The Morgan fingerprint density at radius 2 is 0.500 bits per heavy atom. The first kappa shape index (κ1) is 95.3. The van der Waals surface area contributed by atoms with Crippen molar-refractivity contribution in [1.82, 2.24) is 0 Å². The average Bonchev–Trinajstić information content (AvgIpc) is 1.04. The molecule has 0 aliphatic heterocycles. The van der Waals surface area contributed by atoms with E-state index in [1.807, 2.05) is 0 Å². The second-order valence-corrected chi connectivity index (χ2v) is 30.3. The van der Waals surface area contributed by atoms with Crippen LogP contribution < -0.4 is 0 Å². The van der Waals surface area contributed by atoms with Crippen LogP contribution in [0.1, 0.15) is 387 Å². The Hall–Kier alpha value is -2.72. The second kappa shape index (κ2) is 72.6. The fraction of sp³-hybridized carbons (Fsp3) is 0.873. The molecule has 2 unspecified atom stereocenters. The summed E-state index contributed by atoms with van der Waals surface area (Å²) in [6, 6.07) is 0. The third-order valence-electron chi connectivity index (χ3n) is 17.6. The normalized spacial score (nSPS) is 14.1. The van der Waals surface area contributed by atoms with Gasteiger partial charge in [0.15, 0.2) is 12.2 Å². The first-order valence-electron chi connectivity index (χ1n) is 40.2. The Kier molecular flexibility index (Phi) is 70.6. The number of hydrogen-bond donors (Lipinski definition) is 3. The van der Waals surface area contributed by atoms with E-state index in [-0.39, 0.29) is 25.7 Å². The zero-order chi connectivity index (χ0) is 71.8. The predicted molar refractivity (Wildman–Crippen MR) is 400 cm³/mol. The molecular formula is C79H148O17P2. The number of ether oxygens (including phenoxy) is 4. The molecule has 0 aromatic rings. The number of aliphatic hydroxyl groups excluding tert-OH is 1. The lowest BCUT2D eigenvalue weighted by Gasteiger charge is -2.21. The molecule has 0 saturated carbocycles. The lowest BCUT2D eigenvalue weighted by Crippen LogP contribution is -2.30. The Labute approximate surface area is 598 Å². The van der Waals surface area contributed by atoms with Gasteiger partial charge in [-0.05, 0) is 83.5 Å². The molecule has 19 heteroatoms. The smallest absolute Gasteiger partial charge is 0.462 e. The molecule has 0 aliphatic carbocycles. The zero-order valence-corrected chi connectivity index (χ0v) is 64.8. The fourth-order valence-corrected chi connectivity index (χ4v) is 13.0. The van der Waals surface area contributed by atoms with E-state index in [2.05, 4.69) is 64.2 Å². The molecule has 5 atom stereocenters. The summed E-state index contributed by atoms with van der Waals surface area (Å²) in [7, 11) is -9.93. The van der Waals surface area contributed by atoms with E-state index in [1.165, 1.54) is 173 Å². The minimum absolute atomic E-state index is 0.101. The summed E-state index contributed by atoms with van der Waals surface area (Å²) >= 11 is 0. The van der Waals surface area contributed by atoms with Gasteiger partial charge in [-0.1, -0.05) is 315 Å². The van der Waals surface area contributed by atoms with Crippen molar-refractivity contribution in [1.29, 1.82) is 0 Å². The number of aliphatic hydroxyl groups is 1. The molecule has 0 aromatic carbocycles. The quantitative estimate of drug-likeness (QED) is 0.0169. The van der Waals surface area contributed by atoms with Crippen LogP contribution in [0.25, 0.3) is 0 Å². The third-order valence-corrected chi connectivity index (χ3v) is 19.5. The van der Waals surface area contributed by atoms with Crippen molar-refractivity contribution in [3.05, 3.63) is 36.5 Å². The van der Waals surface area contributed by atoms with E-state index in [0.717, 1.165) is 135 Å². The monoisotopic (exact) mass is 1430 g/mol. The highest BCUT2D eigenvalue weighted by Crippen LogP contribution is 2.45. The van der Waals surface area contributed by atoms with Crippen molar-refractivity contribution in [2.24, 2.45) is 0 Å². The minimum Gasteiger partial charge on any atom is -0.462 e. The summed E-state index contributed by atoms with van der Waals surface area (Å²) in [6.07, 6.45) is 68.3. The topological polar surface area (TPSA) is 237 Å². The van der Waals surface area contributed by atoms with E-state index in [1.54, 1.807) is 0 Å². The van der Waals surface area contributed by atoms with Crippen molar-refractivity contribution < 1.29 is 80.2 Å². The summed E-state index contributed by atoms with van der Waals surface area (Å²) in [4.78, 5) is 72.9. The predicted octanol–water partition coefficient (Wildman–Crippen LogP) is 23.1. The first-order valence-corrected chi connectivity index (χ1v) is 43.2. The molecule has 0 bridgehead atoms. The highest BCUT2D eigenvalue weighted by atomic mass is 31.2. The Morgan fingerprint density at radius 3 is 0.786 bits per heavy atom. The van der Waals surface area contributed by atoms with Crippen molar-refractivity contribution in [3.8, 4) is 0 Å². The van der Waals surface area contributed by atoms with Gasteiger partial charge in [-0.25, -0.2) is 9.13 Å². The Bertz CT molecular complexity index is 2000. The van der Waals surface area contributed by atoms with Crippen LogP contribution in [0.15, 0.2) is 36.5 Å². The van der Waals surface area contributed by atoms with Crippen molar-refractivity contribution in [3.63, 3.8) is 0 Å². The molecule has 0 aliphatic rings. The van der Waals surface area contributed by atoms with Gasteiger partial charge < -0.3 is 33.8 Å². The fourth-order valence-electron chi connectivity index (χ4n) is 11.4. The minimum atomic E-state index is -4.97. The van der Waals surface area contributed by atoms with Crippen molar-refractivity contribution >= 4 is 39.5 Å². The number of allylic oxidation sites excluding steroid dienone is 6. The largest absolute Gasteiger partial charge is 0.472 e. The number of esters is 4. The summed E-state index contributed by atoms with van der Waals surface area (Å²) in [5.41, 5.74) is 0. The molecule has 0 fully saturated rings. The van der Waals surface area contributed by atoms with Crippen LogP contribution in [0.4, 0.5) is 0 Å². The molecule has 576 valence electrons. The molecule has 0 radical (unpaired) electrons. The molecule has 0 aromatic heterocycles. The van der Waals surface area contributed by atoms with Crippen LogP contribution in [0.3, 0.4) is 0 Å². The Balaban J connectivity index is 5.31. The van der Waals surface area contributed by atoms with Gasteiger partial charge in [-0.2, -0.15) is 0 Å².